The Kier molecular flexibility index (Phi) is 7.42. The van der Waals surface area contributed by atoms with E-state index in [-0.39, 0.29) is 21.5 Å². The van der Waals surface area contributed by atoms with Crippen LogP contribution in [0.5, 0.6) is 0 Å². The third-order valence-electron chi connectivity index (χ3n) is 4.21. The van der Waals surface area contributed by atoms with Crippen molar-refractivity contribution in [2.45, 2.75) is 43.3 Å². The number of nitrogens with one attached hydrogen (secondary N) is 1. The lowest BCUT2D eigenvalue weighted by Gasteiger charge is -2.30. The van der Waals surface area contributed by atoms with Crippen molar-refractivity contribution in [3.8, 4) is 0 Å². The predicted octanol–water partition coefficient (Wildman–Crippen LogP) is 3.39. The number of hydrogen-bond donors (Lipinski definition) is 1. The predicted molar refractivity (Wildman–Crippen MR) is 108 cm³/mol. The van der Waals surface area contributed by atoms with Crippen LogP contribution in [0.1, 0.15) is 33.6 Å². The van der Waals surface area contributed by atoms with Crippen molar-refractivity contribution < 1.29 is 13.2 Å². The summed E-state index contributed by atoms with van der Waals surface area (Å²) in [5.74, 6) is 0.785. The van der Waals surface area contributed by atoms with Crippen LogP contribution in [0.4, 0.5) is 0 Å². The lowest BCUT2D eigenvalue weighted by molar-refractivity contribution is -0.125. The Morgan fingerprint density at radius 2 is 1.81 bits per heavy atom. The first-order valence-electron chi connectivity index (χ1n) is 8.77. The zero-order chi connectivity index (χ0) is 19.4. The maximum Gasteiger partial charge on any atom is 0.243 e. The molecule has 5 nitrogen and oxygen atoms in total. The highest BCUT2D eigenvalue weighted by molar-refractivity contribution is 8.00. The van der Waals surface area contributed by atoms with Gasteiger partial charge >= 0.3 is 0 Å². The van der Waals surface area contributed by atoms with Gasteiger partial charge in [0.1, 0.15) is 0 Å². The number of halogens is 1. The molecule has 1 aliphatic heterocycles. The monoisotopic (exact) mass is 418 g/mol. The summed E-state index contributed by atoms with van der Waals surface area (Å²) in [5, 5.41) is 3.48. The summed E-state index contributed by atoms with van der Waals surface area (Å²) in [6.07, 6.45) is 1.09. The molecule has 1 heterocycles. The summed E-state index contributed by atoms with van der Waals surface area (Å²) in [7, 11) is -3.53. The molecular weight excluding hydrogens is 392 g/mol. The molecule has 0 unspecified atom stereocenters. The van der Waals surface area contributed by atoms with Gasteiger partial charge in [0.05, 0.1) is 4.90 Å². The summed E-state index contributed by atoms with van der Waals surface area (Å²) in [5.41, 5.74) is 0. The Hall–Kier alpha value is -0.760. The molecule has 0 bridgehead atoms. The number of amides is 1. The molecule has 1 aromatic carbocycles. The Bertz CT molecular complexity index is 707. The number of hydrogen-bond acceptors (Lipinski definition) is 4. The van der Waals surface area contributed by atoms with E-state index in [1.54, 1.807) is 12.1 Å². The van der Waals surface area contributed by atoms with Gasteiger partial charge in [-0.3, -0.25) is 4.79 Å². The van der Waals surface area contributed by atoms with Crippen molar-refractivity contribution in [2.75, 3.05) is 25.4 Å². The minimum Gasteiger partial charge on any atom is -0.355 e. The molecule has 0 aromatic heterocycles. The highest BCUT2D eigenvalue weighted by atomic mass is 35.5. The van der Waals surface area contributed by atoms with Crippen LogP contribution in [-0.2, 0) is 14.8 Å². The van der Waals surface area contributed by atoms with Gasteiger partial charge in [-0.25, -0.2) is 8.42 Å². The van der Waals surface area contributed by atoms with Gasteiger partial charge in [0.2, 0.25) is 15.9 Å². The molecule has 1 aliphatic rings. The second kappa shape index (κ2) is 8.95. The van der Waals surface area contributed by atoms with Gasteiger partial charge in [0.15, 0.2) is 0 Å². The molecule has 0 aliphatic carbocycles. The second-order valence-corrected chi connectivity index (χ2v) is 11.7. The number of carbonyl (C=O) groups is 1. The molecule has 1 saturated heterocycles. The summed E-state index contributed by atoms with van der Waals surface area (Å²) in [6.45, 7) is 7.81. The van der Waals surface area contributed by atoms with E-state index < -0.39 is 10.0 Å². The molecule has 0 spiro atoms. The zero-order valence-corrected chi connectivity index (χ0v) is 17.9. The molecule has 1 fully saturated rings. The van der Waals surface area contributed by atoms with Gasteiger partial charge in [-0.2, -0.15) is 16.1 Å². The van der Waals surface area contributed by atoms with Gasteiger partial charge in [-0.05, 0) is 37.1 Å². The minimum atomic E-state index is -3.53. The normalized spacial score (nSPS) is 17.2. The largest absolute Gasteiger partial charge is 0.355 e. The van der Waals surface area contributed by atoms with Crippen molar-refractivity contribution in [3.05, 3.63) is 29.3 Å². The minimum absolute atomic E-state index is 0.0306. The van der Waals surface area contributed by atoms with Crippen LogP contribution in [0, 0.1) is 5.92 Å². The van der Waals surface area contributed by atoms with Crippen molar-refractivity contribution in [1.82, 2.24) is 9.62 Å². The highest BCUT2D eigenvalue weighted by Crippen LogP contribution is 2.25. The summed E-state index contributed by atoms with van der Waals surface area (Å²) in [4.78, 5) is 12.5. The van der Waals surface area contributed by atoms with Crippen LogP contribution >= 0.6 is 23.4 Å². The number of carbonyl (C=O) groups excluding carboxylic acids is 1. The molecule has 1 N–H and O–H groups in total. The smallest absolute Gasteiger partial charge is 0.243 e. The Labute approximate surface area is 165 Å². The Morgan fingerprint density at radius 3 is 2.35 bits per heavy atom. The number of nitrogens with zero attached hydrogens (tertiary/aromatic N) is 1. The fourth-order valence-corrected chi connectivity index (χ4v) is 5.20. The van der Waals surface area contributed by atoms with Gasteiger partial charge in [0.25, 0.3) is 0 Å². The number of thioether (sulfide) groups is 1. The molecule has 1 aromatic rings. The number of benzene rings is 1. The molecule has 0 atom stereocenters. The SMILES string of the molecule is CC(C)(C)SCCNC(=O)C1CCN(S(=O)(=O)c2ccc(Cl)cc2)CC1. The topological polar surface area (TPSA) is 66.5 Å². The van der Waals surface area contributed by atoms with E-state index in [4.69, 9.17) is 11.6 Å². The van der Waals surface area contributed by atoms with Crippen molar-refractivity contribution in [2.24, 2.45) is 5.92 Å². The number of rotatable bonds is 6. The van der Waals surface area contributed by atoms with Gasteiger partial charge in [0, 0.05) is 41.1 Å². The molecule has 1 amide bonds. The second-order valence-electron chi connectivity index (χ2n) is 7.38. The molecule has 8 heteroatoms. The first-order chi connectivity index (χ1) is 12.1. The van der Waals surface area contributed by atoms with Crippen LogP contribution in [0.15, 0.2) is 29.2 Å². The van der Waals surface area contributed by atoms with E-state index in [0.717, 1.165) is 5.75 Å². The van der Waals surface area contributed by atoms with Gasteiger partial charge in [-0.15, -0.1) is 0 Å². The Balaban J connectivity index is 1.82. The van der Waals surface area contributed by atoms with E-state index in [9.17, 15) is 13.2 Å². The summed E-state index contributed by atoms with van der Waals surface area (Å²) < 4.78 is 27.0. The third kappa shape index (κ3) is 6.15. The number of piperidine rings is 1. The molecule has 26 heavy (non-hydrogen) atoms. The first kappa shape index (κ1) is 21.5. The van der Waals surface area contributed by atoms with Crippen LogP contribution in [0.25, 0.3) is 0 Å². The van der Waals surface area contributed by atoms with Crippen LogP contribution in [-0.4, -0.2) is 48.8 Å². The zero-order valence-electron chi connectivity index (χ0n) is 15.5. The molecule has 146 valence electrons. The number of sulfonamides is 1. The van der Waals surface area contributed by atoms with E-state index in [1.807, 2.05) is 11.8 Å². The van der Waals surface area contributed by atoms with E-state index in [2.05, 4.69) is 26.1 Å². The van der Waals surface area contributed by atoms with E-state index >= 15 is 0 Å². The molecule has 0 saturated carbocycles. The molecule has 0 radical (unpaired) electrons. The fraction of sp³-hybridized carbons (Fsp3) is 0.611. The van der Waals surface area contributed by atoms with Crippen molar-refractivity contribution in [1.29, 1.82) is 0 Å². The lowest BCUT2D eigenvalue weighted by Crippen LogP contribution is -2.43. The summed E-state index contributed by atoms with van der Waals surface area (Å²) in [6, 6.07) is 6.18. The van der Waals surface area contributed by atoms with E-state index in [0.29, 0.717) is 37.5 Å². The summed E-state index contributed by atoms with van der Waals surface area (Å²) >= 11 is 7.64. The molecule has 2 rings (SSSR count). The van der Waals surface area contributed by atoms with Crippen LogP contribution < -0.4 is 5.32 Å². The van der Waals surface area contributed by atoms with Crippen LogP contribution in [0.2, 0.25) is 5.02 Å². The first-order valence-corrected chi connectivity index (χ1v) is 11.6. The van der Waals surface area contributed by atoms with Crippen molar-refractivity contribution >= 4 is 39.3 Å². The average Bonchev–Trinajstić information content (AvgIpc) is 2.58. The molecular formula is C18H27ClN2O3S2. The van der Waals surface area contributed by atoms with Crippen molar-refractivity contribution in [3.63, 3.8) is 0 Å². The van der Waals surface area contributed by atoms with Gasteiger partial charge in [-0.1, -0.05) is 32.4 Å². The average molecular weight is 419 g/mol. The standard InChI is InChI=1S/C18H27ClN2O3S2/c1-18(2,3)25-13-10-20-17(22)14-8-11-21(12-9-14)26(23,24)16-6-4-15(19)5-7-16/h4-7,14H,8-13H2,1-3H3,(H,20,22). The van der Waals surface area contributed by atoms with E-state index in [1.165, 1.54) is 16.4 Å². The Morgan fingerprint density at radius 1 is 1.23 bits per heavy atom. The lowest BCUT2D eigenvalue weighted by atomic mass is 9.97. The van der Waals surface area contributed by atoms with Crippen LogP contribution in [0.3, 0.4) is 0 Å². The fourth-order valence-electron chi connectivity index (χ4n) is 2.79. The third-order valence-corrected chi connectivity index (χ3v) is 7.65. The maximum atomic E-state index is 12.7. The van der Waals surface area contributed by atoms with Gasteiger partial charge < -0.3 is 5.32 Å². The highest BCUT2D eigenvalue weighted by Gasteiger charge is 2.31. The maximum absolute atomic E-state index is 12.7. The quantitative estimate of drug-likeness (QED) is 0.719.